The molecule has 2 aliphatic heterocycles. The van der Waals surface area contributed by atoms with Gasteiger partial charge < -0.3 is 26.8 Å². The van der Waals surface area contributed by atoms with Gasteiger partial charge in [-0.05, 0) is 37.1 Å². The molecule has 0 radical (unpaired) electrons. The van der Waals surface area contributed by atoms with Gasteiger partial charge in [-0.1, -0.05) is 89.5 Å². The third-order valence-electron chi connectivity index (χ3n) is 6.74. The van der Waals surface area contributed by atoms with Crippen LogP contribution in [-0.2, 0) is 4.74 Å². The molecule has 5 rings (SSSR count). The average molecular weight is 508 g/mol. The zero-order valence-electron chi connectivity index (χ0n) is 20.2. The van der Waals surface area contributed by atoms with Crippen LogP contribution in [0, 0.1) is 13.8 Å². The highest BCUT2D eigenvalue weighted by atomic mass is 35.5. The van der Waals surface area contributed by atoms with Crippen molar-refractivity contribution in [2.45, 2.75) is 19.8 Å². The highest BCUT2D eigenvalue weighted by molar-refractivity contribution is 6.35. The molecule has 3 aromatic carbocycles. The van der Waals surface area contributed by atoms with Gasteiger partial charge in [0.15, 0.2) is 5.76 Å². The van der Waals surface area contributed by atoms with Crippen LogP contribution in [0.1, 0.15) is 33.7 Å². The van der Waals surface area contributed by atoms with Gasteiger partial charge in [0.2, 0.25) is 0 Å². The van der Waals surface area contributed by atoms with Gasteiger partial charge >= 0.3 is 0 Å². The van der Waals surface area contributed by atoms with E-state index >= 15 is 0 Å². The molecule has 0 aliphatic carbocycles. The van der Waals surface area contributed by atoms with Gasteiger partial charge in [-0.3, -0.25) is 0 Å². The van der Waals surface area contributed by atoms with E-state index < -0.39 is 0 Å². The summed E-state index contributed by atoms with van der Waals surface area (Å²) < 4.78 is 12.1. The van der Waals surface area contributed by atoms with Crippen LogP contribution in [0.4, 0.5) is 0 Å². The van der Waals surface area contributed by atoms with Crippen molar-refractivity contribution in [2.24, 2.45) is 0 Å². The first kappa shape index (κ1) is 25.5. The van der Waals surface area contributed by atoms with Gasteiger partial charge in [-0.2, -0.15) is 0 Å². The van der Waals surface area contributed by atoms with Crippen molar-refractivity contribution in [1.29, 1.82) is 0 Å². The summed E-state index contributed by atoms with van der Waals surface area (Å²) in [6.45, 7) is 8.76. The number of benzene rings is 3. The molecule has 3 aromatic rings. The molecule has 1 unspecified atom stereocenters. The number of fused-ring (bicyclic) bond motifs is 1. The van der Waals surface area contributed by atoms with Gasteiger partial charge in [0.25, 0.3) is 0 Å². The summed E-state index contributed by atoms with van der Waals surface area (Å²) >= 11 is 7.26. The summed E-state index contributed by atoms with van der Waals surface area (Å²) in [5.41, 5.74) is 6.89. The number of morpholine rings is 1. The predicted octanol–water partition coefficient (Wildman–Crippen LogP) is 2.28. The van der Waals surface area contributed by atoms with Gasteiger partial charge in [0.1, 0.15) is 18.8 Å². The van der Waals surface area contributed by atoms with E-state index in [0.29, 0.717) is 10.8 Å². The molecular weight excluding hydrogens is 477 g/mol. The molecule has 3 nitrogen and oxygen atoms in total. The van der Waals surface area contributed by atoms with Crippen molar-refractivity contribution in [3.63, 3.8) is 0 Å². The lowest BCUT2D eigenvalue weighted by molar-refractivity contribution is -0.902. The van der Waals surface area contributed by atoms with Crippen molar-refractivity contribution < 1.29 is 26.8 Å². The largest absolute Gasteiger partial charge is 1.00 e. The number of nitrogens with one attached hydrogen (secondary N) is 1. The molecule has 0 spiro atoms. The normalized spacial score (nSPS) is 19.5. The molecule has 0 bridgehead atoms. The van der Waals surface area contributed by atoms with E-state index in [2.05, 4.69) is 80.6 Å². The van der Waals surface area contributed by atoms with Crippen molar-refractivity contribution in [3.8, 4) is 5.75 Å². The monoisotopic (exact) mass is 507 g/mol. The van der Waals surface area contributed by atoms with Crippen molar-refractivity contribution in [2.75, 3.05) is 32.8 Å². The summed E-state index contributed by atoms with van der Waals surface area (Å²) in [5, 5.41) is 0.679. The minimum Gasteiger partial charge on any atom is -1.00 e. The summed E-state index contributed by atoms with van der Waals surface area (Å²) in [6, 6.07) is 25.5. The number of hydrogen-bond donors (Lipinski definition) is 1. The summed E-state index contributed by atoms with van der Waals surface area (Å²) in [5.74, 6) is 1.56. The molecule has 0 amide bonds. The van der Waals surface area contributed by atoms with Crippen molar-refractivity contribution in [1.82, 2.24) is 0 Å². The number of para-hydroxylation sites is 1. The lowest BCUT2D eigenvalue weighted by Gasteiger charge is -2.24. The van der Waals surface area contributed by atoms with E-state index in [9.17, 15) is 0 Å². The SMILES string of the molecule is Cc1ccc(C2=C(Cl)C(=CC[NH+]3CCOCC3)C(c3ccc(C)cc3)c3ccccc3O2)cc1.[Cl-]. The van der Waals surface area contributed by atoms with Crippen LogP contribution in [0.2, 0.25) is 0 Å². The van der Waals surface area contributed by atoms with E-state index in [-0.39, 0.29) is 18.3 Å². The molecule has 0 saturated carbocycles. The molecule has 0 aromatic heterocycles. The highest BCUT2D eigenvalue weighted by Gasteiger charge is 2.31. The number of allylic oxidation sites excluding steroid dienone is 2. The summed E-state index contributed by atoms with van der Waals surface area (Å²) in [6.07, 6.45) is 2.33. The molecule has 1 N–H and O–H groups in total. The second kappa shape index (κ2) is 11.5. The van der Waals surface area contributed by atoms with Gasteiger partial charge in [-0.15, -0.1) is 0 Å². The molecule has 1 fully saturated rings. The Balaban J connectivity index is 0.00000289. The Kier molecular flexibility index (Phi) is 8.35. The number of aryl methyl sites for hydroxylation is 2. The number of hydrogen-bond acceptors (Lipinski definition) is 2. The minimum atomic E-state index is -0.00677. The highest BCUT2D eigenvalue weighted by Crippen LogP contribution is 2.47. The van der Waals surface area contributed by atoms with Gasteiger partial charge in [-0.25, -0.2) is 0 Å². The summed E-state index contributed by atoms with van der Waals surface area (Å²) in [4.78, 5) is 1.52. The zero-order chi connectivity index (χ0) is 23.5. The number of halogens is 2. The Hall–Kier alpha value is -2.56. The maximum atomic E-state index is 7.26. The molecule has 1 atom stereocenters. The Bertz CT molecular complexity index is 1210. The topological polar surface area (TPSA) is 22.9 Å². The van der Waals surface area contributed by atoms with E-state index in [1.54, 1.807) is 0 Å². The molecule has 35 heavy (non-hydrogen) atoms. The maximum absolute atomic E-state index is 7.26. The quantitative estimate of drug-likeness (QED) is 0.585. The Morgan fingerprint density at radius 3 is 2.20 bits per heavy atom. The Morgan fingerprint density at radius 2 is 1.51 bits per heavy atom. The third kappa shape index (κ3) is 5.65. The second-order valence-corrected chi connectivity index (χ2v) is 9.60. The molecule has 1 saturated heterocycles. The Labute approximate surface area is 219 Å². The fourth-order valence-corrected chi connectivity index (χ4v) is 5.06. The van der Waals surface area contributed by atoms with Gasteiger partial charge in [0, 0.05) is 17.0 Å². The first-order valence-electron chi connectivity index (χ1n) is 12.0. The fourth-order valence-electron chi connectivity index (χ4n) is 4.73. The lowest BCUT2D eigenvalue weighted by atomic mass is 9.83. The van der Waals surface area contributed by atoms with Crippen LogP contribution < -0.4 is 22.0 Å². The van der Waals surface area contributed by atoms with Crippen molar-refractivity contribution in [3.05, 3.63) is 117 Å². The predicted molar refractivity (Wildman–Crippen MR) is 139 cm³/mol. The van der Waals surface area contributed by atoms with Crippen LogP contribution in [0.15, 0.2) is 89.5 Å². The van der Waals surface area contributed by atoms with Crippen LogP contribution in [0.5, 0.6) is 5.75 Å². The van der Waals surface area contributed by atoms with Crippen LogP contribution >= 0.6 is 11.6 Å². The van der Waals surface area contributed by atoms with Crippen LogP contribution in [0.25, 0.3) is 5.76 Å². The zero-order valence-corrected chi connectivity index (χ0v) is 21.7. The fraction of sp³-hybridized carbons (Fsp3) is 0.267. The van der Waals surface area contributed by atoms with E-state index in [1.807, 2.05) is 12.1 Å². The lowest BCUT2D eigenvalue weighted by Crippen LogP contribution is -3.13. The van der Waals surface area contributed by atoms with Crippen LogP contribution in [0.3, 0.4) is 0 Å². The maximum Gasteiger partial charge on any atom is 0.153 e. The Morgan fingerprint density at radius 1 is 0.886 bits per heavy atom. The number of rotatable bonds is 4. The second-order valence-electron chi connectivity index (χ2n) is 9.22. The smallest absolute Gasteiger partial charge is 0.153 e. The first-order valence-corrected chi connectivity index (χ1v) is 12.4. The number of ether oxygens (including phenoxy) is 2. The van der Waals surface area contributed by atoms with Crippen molar-refractivity contribution >= 4 is 17.4 Å². The van der Waals surface area contributed by atoms with E-state index in [4.69, 9.17) is 21.1 Å². The third-order valence-corrected chi connectivity index (χ3v) is 7.13. The summed E-state index contributed by atoms with van der Waals surface area (Å²) in [7, 11) is 0. The molecule has 2 heterocycles. The van der Waals surface area contributed by atoms with Gasteiger partial charge in [0.05, 0.1) is 24.8 Å². The molecule has 5 heteroatoms. The average Bonchev–Trinajstić information content (AvgIpc) is 2.99. The number of quaternary nitrogens is 1. The standard InChI is InChI=1S/C30H30ClNO2.ClH/c1-21-7-11-23(12-8-21)28-25-5-3-4-6-27(25)34-30(24-13-9-22(2)10-14-24)29(31)26(28)15-16-32-17-19-33-20-18-32;/h3-15,28H,16-20H2,1-2H3;1H. The molecule has 182 valence electrons. The minimum absolute atomic E-state index is 0. The van der Waals surface area contributed by atoms with E-state index in [0.717, 1.165) is 55.3 Å². The van der Waals surface area contributed by atoms with Crippen LogP contribution in [-0.4, -0.2) is 32.8 Å². The molecule has 2 aliphatic rings. The first-order chi connectivity index (χ1) is 16.6. The molecular formula is C30H31Cl2NO2. The van der Waals surface area contributed by atoms with E-state index in [1.165, 1.54) is 21.6 Å².